The summed E-state index contributed by atoms with van der Waals surface area (Å²) in [5, 5.41) is 17.2. The highest BCUT2D eigenvalue weighted by Crippen LogP contribution is 2.15. The molecule has 0 spiro atoms. The van der Waals surface area contributed by atoms with Gasteiger partial charge in [-0.15, -0.1) is 0 Å². The first-order valence-corrected chi connectivity index (χ1v) is 5.16. The summed E-state index contributed by atoms with van der Waals surface area (Å²) < 4.78 is 0. The minimum absolute atomic E-state index is 0.338. The molecule has 0 bridgehead atoms. The van der Waals surface area contributed by atoms with E-state index in [4.69, 9.17) is 10.5 Å². The number of imide groups is 2. The van der Waals surface area contributed by atoms with E-state index in [1.807, 2.05) is 0 Å². The van der Waals surface area contributed by atoms with Crippen molar-refractivity contribution < 1.29 is 19.2 Å². The molecule has 0 aromatic rings. The fraction of sp³-hybridized carbons (Fsp3) is 0. The van der Waals surface area contributed by atoms with Crippen LogP contribution in [-0.2, 0) is 19.2 Å². The molecule has 0 aromatic heterocycles. The highest BCUT2D eigenvalue weighted by molar-refractivity contribution is 6.20. The Morgan fingerprint density at radius 2 is 1.15 bits per heavy atom. The fourth-order valence-corrected chi connectivity index (χ4v) is 1.55. The van der Waals surface area contributed by atoms with Crippen LogP contribution >= 0.6 is 0 Å². The maximum atomic E-state index is 11.5. The predicted molar refractivity (Wildman–Crippen MR) is 60.2 cm³/mol. The Morgan fingerprint density at radius 1 is 0.800 bits per heavy atom. The van der Waals surface area contributed by atoms with E-state index in [2.05, 4.69) is 0 Å². The Balaban J connectivity index is 2.18. The molecule has 0 unspecified atom stereocenters. The van der Waals surface area contributed by atoms with E-state index in [0.29, 0.717) is 9.80 Å². The van der Waals surface area contributed by atoms with Gasteiger partial charge < -0.3 is 0 Å². The van der Waals surface area contributed by atoms with Crippen LogP contribution in [0.5, 0.6) is 0 Å². The van der Waals surface area contributed by atoms with Gasteiger partial charge in [0.15, 0.2) is 0 Å². The zero-order valence-electron chi connectivity index (χ0n) is 9.73. The molecular formula is C12H4N4O4. The van der Waals surface area contributed by atoms with Crippen molar-refractivity contribution in [3.63, 3.8) is 0 Å². The lowest BCUT2D eigenvalue weighted by atomic mass is 10.3. The summed E-state index contributed by atoms with van der Waals surface area (Å²) in [7, 11) is 0. The third-order valence-electron chi connectivity index (χ3n) is 2.51. The maximum Gasteiger partial charge on any atom is 0.275 e. The molecule has 8 nitrogen and oxygen atoms in total. The van der Waals surface area contributed by atoms with E-state index >= 15 is 0 Å². The minimum atomic E-state index is -0.846. The summed E-state index contributed by atoms with van der Waals surface area (Å²) in [6.45, 7) is 0. The largest absolute Gasteiger partial charge is 0.275 e. The molecule has 0 radical (unpaired) electrons. The van der Waals surface area contributed by atoms with Crippen LogP contribution in [0.4, 0.5) is 0 Å². The van der Waals surface area contributed by atoms with E-state index in [1.165, 1.54) is 0 Å². The number of carbonyl (C=O) groups is 4. The highest BCUT2D eigenvalue weighted by Gasteiger charge is 2.32. The van der Waals surface area contributed by atoms with Gasteiger partial charge in [0.2, 0.25) is 0 Å². The molecule has 0 aliphatic carbocycles. The molecule has 0 saturated carbocycles. The Hall–Kier alpha value is -3.52. The van der Waals surface area contributed by atoms with Crippen molar-refractivity contribution in [3.05, 3.63) is 35.7 Å². The molecule has 2 aliphatic heterocycles. The monoisotopic (exact) mass is 268 g/mol. The smallest absolute Gasteiger partial charge is 0.269 e. The standard InChI is InChI=1S/C12H4N4O4/c13-5-7-3-9(17)15(11(7)19)1-2-16-10(18)4-8(6-14)12(16)20/h1-4H. The van der Waals surface area contributed by atoms with Crippen molar-refractivity contribution in [1.29, 1.82) is 10.5 Å². The number of amides is 4. The molecule has 2 heterocycles. The second-order valence-electron chi connectivity index (χ2n) is 3.66. The van der Waals surface area contributed by atoms with Gasteiger partial charge in [-0.05, 0) is 0 Å². The number of nitrogens with zero attached hydrogens (tertiary/aromatic N) is 4. The van der Waals surface area contributed by atoms with Crippen LogP contribution in [0.15, 0.2) is 35.7 Å². The van der Waals surface area contributed by atoms with Crippen LogP contribution in [0.3, 0.4) is 0 Å². The van der Waals surface area contributed by atoms with E-state index in [9.17, 15) is 19.2 Å². The summed E-state index contributed by atoms with van der Waals surface area (Å²) in [5.74, 6) is -3.20. The van der Waals surface area contributed by atoms with Crippen molar-refractivity contribution in [2.45, 2.75) is 0 Å². The van der Waals surface area contributed by atoms with Gasteiger partial charge in [0.1, 0.15) is 23.3 Å². The van der Waals surface area contributed by atoms with Gasteiger partial charge in [-0.2, -0.15) is 10.5 Å². The summed E-state index contributed by atoms with van der Waals surface area (Å²) in [4.78, 5) is 47.1. The average Bonchev–Trinajstić information content (AvgIpc) is 2.86. The van der Waals surface area contributed by atoms with Crippen LogP contribution in [0.1, 0.15) is 0 Å². The second kappa shape index (κ2) is 4.63. The molecule has 0 N–H and O–H groups in total. The Labute approximate surface area is 112 Å². The van der Waals surface area contributed by atoms with Gasteiger partial charge in [-0.1, -0.05) is 0 Å². The molecule has 2 aliphatic rings. The Morgan fingerprint density at radius 3 is 1.40 bits per heavy atom. The molecule has 20 heavy (non-hydrogen) atoms. The lowest BCUT2D eigenvalue weighted by Gasteiger charge is -2.11. The first-order valence-electron chi connectivity index (χ1n) is 5.16. The molecule has 4 amide bonds. The molecule has 2 rings (SSSR count). The van der Waals surface area contributed by atoms with Gasteiger partial charge in [0.05, 0.1) is 0 Å². The number of hydrogen-bond donors (Lipinski definition) is 0. The topological polar surface area (TPSA) is 122 Å². The molecule has 8 heteroatoms. The highest BCUT2D eigenvalue weighted by atomic mass is 16.2. The van der Waals surface area contributed by atoms with E-state index in [1.54, 1.807) is 12.1 Å². The summed E-state index contributed by atoms with van der Waals surface area (Å²) >= 11 is 0. The molecule has 0 atom stereocenters. The number of rotatable bonds is 2. The third-order valence-corrected chi connectivity index (χ3v) is 2.51. The first kappa shape index (κ1) is 12.9. The normalized spacial score (nSPS) is 18.5. The van der Waals surface area contributed by atoms with Gasteiger partial charge in [0.25, 0.3) is 23.6 Å². The molecule has 96 valence electrons. The zero-order chi connectivity index (χ0) is 14.9. The average molecular weight is 268 g/mol. The molecule has 0 saturated heterocycles. The molecule has 0 aromatic carbocycles. The lowest BCUT2D eigenvalue weighted by Crippen LogP contribution is -2.29. The second-order valence-corrected chi connectivity index (χ2v) is 3.66. The Kier molecular flexibility index (Phi) is 2.99. The van der Waals surface area contributed by atoms with Gasteiger partial charge in [-0.25, -0.2) is 9.80 Å². The van der Waals surface area contributed by atoms with Crippen LogP contribution in [0.25, 0.3) is 0 Å². The summed E-state index contributed by atoms with van der Waals surface area (Å²) in [5.41, 5.74) is -0.677. The lowest BCUT2D eigenvalue weighted by molar-refractivity contribution is -0.136. The summed E-state index contributed by atoms with van der Waals surface area (Å²) in [6, 6.07) is 3.10. The third kappa shape index (κ3) is 1.87. The number of nitriles is 2. The van der Waals surface area contributed by atoms with Crippen LogP contribution < -0.4 is 0 Å². The van der Waals surface area contributed by atoms with Crippen molar-refractivity contribution in [2.75, 3.05) is 0 Å². The van der Waals surface area contributed by atoms with Crippen molar-refractivity contribution in [1.82, 2.24) is 9.80 Å². The van der Waals surface area contributed by atoms with Crippen LogP contribution in [-0.4, -0.2) is 33.4 Å². The quantitative estimate of drug-likeness (QED) is 0.598. The van der Waals surface area contributed by atoms with Crippen molar-refractivity contribution in [3.8, 4) is 12.1 Å². The van der Waals surface area contributed by atoms with Gasteiger partial charge >= 0.3 is 0 Å². The van der Waals surface area contributed by atoms with Crippen LogP contribution in [0.2, 0.25) is 0 Å². The molecule has 0 fully saturated rings. The van der Waals surface area contributed by atoms with Crippen molar-refractivity contribution in [2.24, 2.45) is 0 Å². The van der Waals surface area contributed by atoms with Crippen molar-refractivity contribution >= 4 is 23.6 Å². The SMILES string of the molecule is N#CC1=CC(=O)N(C=CN2C(=O)C=C(C#N)C2=O)C1=O. The van der Waals surface area contributed by atoms with E-state index < -0.39 is 23.6 Å². The Bertz CT molecular complexity index is 668. The fourth-order valence-electron chi connectivity index (χ4n) is 1.55. The number of hydrogen-bond acceptors (Lipinski definition) is 6. The first-order chi connectivity index (χ1) is 9.49. The summed E-state index contributed by atoms with van der Waals surface area (Å²) in [6.07, 6.45) is 3.49. The predicted octanol–water partition coefficient (Wildman–Crippen LogP) is -0.905. The van der Waals surface area contributed by atoms with Gasteiger partial charge in [-0.3, -0.25) is 19.2 Å². The zero-order valence-corrected chi connectivity index (χ0v) is 9.73. The van der Waals surface area contributed by atoms with E-state index in [0.717, 1.165) is 24.6 Å². The minimum Gasteiger partial charge on any atom is -0.269 e. The van der Waals surface area contributed by atoms with E-state index in [-0.39, 0.29) is 11.1 Å². The maximum absolute atomic E-state index is 11.5. The van der Waals surface area contributed by atoms with Gasteiger partial charge in [0, 0.05) is 24.6 Å². The van der Waals surface area contributed by atoms with Crippen LogP contribution in [0, 0.1) is 22.7 Å². The number of carbonyl (C=O) groups excluding carboxylic acids is 4. The molecular weight excluding hydrogens is 264 g/mol.